The third kappa shape index (κ3) is 2.66. The predicted molar refractivity (Wildman–Crippen MR) is 101 cm³/mol. The van der Waals surface area contributed by atoms with Crippen LogP contribution in [-0.2, 0) is 5.41 Å². The van der Waals surface area contributed by atoms with Gasteiger partial charge in [-0.05, 0) is 49.6 Å². The molecule has 2 aromatic carbocycles. The van der Waals surface area contributed by atoms with Gasteiger partial charge in [0, 0.05) is 16.1 Å². The molecule has 0 unspecified atom stereocenters. The van der Waals surface area contributed by atoms with E-state index in [1.165, 1.54) is 0 Å². The van der Waals surface area contributed by atoms with Gasteiger partial charge in [0.15, 0.2) is 5.76 Å². The molecule has 0 radical (unpaired) electrons. The third-order valence-electron chi connectivity index (χ3n) is 5.04. The summed E-state index contributed by atoms with van der Waals surface area (Å²) in [6.07, 6.45) is 1.79. The molecule has 2 aromatic heterocycles. The number of rotatable bonds is 4. The van der Waals surface area contributed by atoms with Crippen molar-refractivity contribution in [2.75, 3.05) is 0 Å². The van der Waals surface area contributed by atoms with E-state index in [1.54, 1.807) is 12.1 Å². The number of benzene rings is 2. The van der Waals surface area contributed by atoms with E-state index in [0.717, 1.165) is 41.0 Å². The van der Waals surface area contributed by atoms with E-state index < -0.39 is 5.41 Å². The number of hydrogen-bond donors (Lipinski definition) is 0. The van der Waals surface area contributed by atoms with Crippen LogP contribution in [0.15, 0.2) is 63.5 Å². The van der Waals surface area contributed by atoms with Crippen molar-refractivity contribution < 1.29 is 8.94 Å². The van der Waals surface area contributed by atoms with E-state index >= 15 is 0 Å². The van der Waals surface area contributed by atoms with Crippen molar-refractivity contribution in [1.29, 1.82) is 0 Å². The van der Waals surface area contributed by atoms with Crippen molar-refractivity contribution in [3.8, 4) is 22.6 Å². The van der Waals surface area contributed by atoms with Gasteiger partial charge in [-0.3, -0.25) is 0 Å². The molecule has 2 heterocycles. The summed E-state index contributed by atoms with van der Waals surface area (Å²) in [5.74, 6) is 1.85. The molecule has 0 saturated heterocycles. The minimum absolute atomic E-state index is 0.399. The van der Waals surface area contributed by atoms with Crippen molar-refractivity contribution in [3.63, 3.8) is 0 Å². The molecular formula is C21H16ClN3O2. The van der Waals surface area contributed by atoms with E-state index in [9.17, 15) is 0 Å². The molecule has 5 nitrogen and oxygen atoms in total. The molecule has 1 fully saturated rings. The average Bonchev–Trinajstić information content (AvgIpc) is 3.17. The molecular weight excluding hydrogens is 362 g/mol. The fourth-order valence-corrected chi connectivity index (χ4v) is 3.56. The lowest BCUT2D eigenvalue weighted by molar-refractivity contribution is 0.341. The predicted octanol–water partition coefficient (Wildman–Crippen LogP) is 5.43. The number of halogens is 1. The minimum Gasteiger partial charge on any atom is -0.420 e. The van der Waals surface area contributed by atoms with E-state index in [0.29, 0.717) is 16.8 Å². The first-order valence-electron chi connectivity index (χ1n) is 8.79. The van der Waals surface area contributed by atoms with Crippen LogP contribution >= 0.6 is 11.6 Å². The molecule has 1 aliphatic carbocycles. The van der Waals surface area contributed by atoms with Gasteiger partial charge >= 0.3 is 0 Å². The van der Waals surface area contributed by atoms with Crippen LogP contribution in [0.25, 0.3) is 22.6 Å². The largest absolute Gasteiger partial charge is 0.420 e. The Morgan fingerprint density at radius 2 is 1.67 bits per heavy atom. The minimum atomic E-state index is -0.399. The Hall–Kier alpha value is -2.92. The van der Waals surface area contributed by atoms with Crippen LogP contribution in [-0.4, -0.2) is 15.4 Å². The Morgan fingerprint density at radius 1 is 0.926 bits per heavy atom. The summed E-state index contributed by atoms with van der Waals surface area (Å²) in [5.41, 5.74) is 3.39. The summed E-state index contributed by atoms with van der Waals surface area (Å²) >= 11 is 5.96. The smallest absolute Gasteiger partial charge is 0.247 e. The summed E-state index contributed by atoms with van der Waals surface area (Å²) in [6, 6.07) is 17.5. The van der Waals surface area contributed by atoms with E-state index in [-0.39, 0.29) is 0 Å². The van der Waals surface area contributed by atoms with Gasteiger partial charge < -0.3 is 8.94 Å². The molecule has 6 heteroatoms. The third-order valence-corrected chi connectivity index (χ3v) is 5.29. The second-order valence-electron chi connectivity index (χ2n) is 6.84. The summed E-state index contributed by atoms with van der Waals surface area (Å²) in [5, 5.41) is 13.5. The number of hydrogen-bond acceptors (Lipinski definition) is 5. The van der Waals surface area contributed by atoms with E-state index in [1.807, 2.05) is 37.3 Å². The summed E-state index contributed by atoms with van der Waals surface area (Å²) in [6.45, 7) is 1.96. The maximum atomic E-state index is 6.04. The maximum Gasteiger partial charge on any atom is 0.247 e. The van der Waals surface area contributed by atoms with Crippen LogP contribution in [0.2, 0.25) is 5.02 Å². The van der Waals surface area contributed by atoms with Crippen molar-refractivity contribution in [1.82, 2.24) is 15.4 Å². The first kappa shape index (κ1) is 16.3. The van der Waals surface area contributed by atoms with Gasteiger partial charge in [-0.1, -0.05) is 47.1 Å². The van der Waals surface area contributed by atoms with Gasteiger partial charge in [0.2, 0.25) is 11.8 Å². The zero-order valence-electron chi connectivity index (χ0n) is 14.6. The Balaban J connectivity index is 1.57. The molecule has 0 bridgehead atoms. The molecule has 0 spiro atoms. The Morgan fingerprint density at radius 3 is 2.37 bits per heavy atom. The van der Waals surface area contributed by atoms with Crippen molar-refractivity contribution in [2.45, 2.75) is 25.2 Å². The van der Waals surface area contributed by atoms with Crippen molar-refractivity contribution in [2.24, 2.45) is 0 Å². The molecule has 0 amide bonds. The molecule has 134 valence electrons. The Bertz CT molecular complexity index is 1100. The lowest BCUT2D eigenvalue weighted by Crippen LogP contribution is -2.09. The normalized spacial score (nSPS) is 15.0. The molecule has 0 aliphatic heterocycles. The zero-order valence-corrected chi connectivity index (χ0v) is 15.4. The number of aromatic nitrogens is 3. The standard InChI is InChI=1S/C21H16ClN3O2/c1-13-17(14-5-3-2-4-6-14)18(27-25-13)21(11-12-21)20-24-23-19(26-20)15-7-9-16(22)10-8-15/h2-10H,11-12H2,1H3. The zero-order chi connectivity index (χ0) is 18.4. The van der Waals surface area contributed by atoms with Gasteiger partial charge in [-0.15, -0.1) is 10.2 Å². The molecule has 4 aromatic rings. The maximum absolute atomic E-state index is 6.04. The lowest BCUT2D eigenvalue weighted by atomic mass is 9.94. The average molecular weight is 378 g/mol. The van der Waals surface area contributed by atoms with E-state index in [2.05, 4.69) is 27.5 Å². The van der Waals surface area contributed by atoms with Crippen molar-refractivity contribution in [3.05, 3.63) is 77.0 Å². The van der Waals surface area contributed by atoms with Gasteiger partial charge in [0.1, 0.15) is 5.41 Å². The highest BCUT2D eigenvalue weighted by atomic mass is 35.5. The van der Waals surface area contributed by atoms with Gasteiger partial charge in [0.05, 0.1) is 5.69 Å². The SMILES string of the molecule is Cc1noc(C2(c3nnc(-c4ccc(Cl)cc4)o3)CC2)c1-c1ccccc1. The van der Waals surface area contributed by atoms with Crippen LogP contribution in [0.4, 0.5) is 0 Å². The van der Waals surface area contributed by atoms with Crippen LogP contribution < -0.4 is 0 Å². The molecule has 0 N–H and O–H groups in total. The highest BCUT2D eigenvalue weighted by Crippen LogP contribution is 2.56. The van der Waals surface area contributed by atoms with Gasteiger partial charge in [-0.2, -0.15) is 0 Å². The first-order chi connectivity index (χ1) is 13.2. The number of nitrogens with zero attached hydrogens (tertiary/aromatic N) is 3. The first-order valence-corrected chi connectivity index (χ1v) is 9.17. The molecule has 27 heavy (non-hydrogen) atoms. The van der Waals surface area contributed by atoms with E-state index in [4.69, 9.17) is 20.5 Å². The summed E-state index contributed by atoms with van der Waals surface area (Å²) in [7, 11) is 0. The number of aryl methyl sites for hydroxylation is 1. The second-order valence-corrected chi connectivity index (χ2v) is 7.28. The highest BCUT2D eigenvalue weighted by molar-refractivity contribution is 6.30. The van der Waals surface area contributed by atoms with Crippen LogP contribution in [0.5, 0.6) is 0 Å². The molecule has 5 rings (SSSR count). The van der Waals surface area contributed by atoms with Crippen LogP contribution in [0.3, 0.4) is 0 Å². The van der Waals surface area contributed by atoms with Crippen molar-refractivity contribution >= 4 is 11.6 Å². The van der Waals surface area contributed by atoms with Crippen LogP contribution in [0.1, 0.15) is 30.2 Å². The summed E-state index contributed by atoms with van der Waals surface area (Å²) < 4.78 is 11.8. The highest BCUT2D eigenvalue weighted by Gasteiger charge is 2.55. The fraction of sp³-hybridized carbons (Fsp3) is 0.190. The molecule has 0 atom stereocenters. The molecule has 1 aliphatic rings. The second kappa shape index (κ2) is 6.06. The monoisotopic (exact) mass is 377 g/mol. The fourth-order valence-electron chi connectivity index (χ4n) is 3.43. The quantitative estimate of drug-likeness (QED) is 0.474. The topological polar surface area (TPSA) is 65.0 Å². The Kier molecular flexibility index (Phi) is 3.65. The van der Waals surface area contributed by atoms with Gasteiger partial charge in [-0.25, -0.2) is 0 Å². The molecule has 1 saturated carbocycles. The van der Waals surface area contributed by atoms with Gasteiger partial charge in [0.25, 0.3) is 0 Å². The Labute approximate surface area is 161 Å². The lowest BCUT2D eigenvalue weighted by Gasteiger charge is -2.09. The summed E-state index contributed by atoms with van der Waals surface area (Å²) in [4.78, 5) is 0. The van der Waals surface area contributed by atoms with Crippen LogP contribution in [0, 0.1) is 6.92 Å².